The first-order valence-corrected chi connectivity index (χ1v) is 16.3. The van der Waals surface area contributed by atoms with Gasteiger partial charge in [0.1, 0.15) is 18.1 Å². The highest BCUT2D eigenvalue weighted by molar-refractivity contribution is 7.89. The lowest BCUT2D eigenvalue weighted by Crippen LogP contribution is -2.65. The Bertz CT molecular complexity index is 1470. The molecule has 0 saturated carbocycles. The van der Waals surface area contributed by atoms with Crippen LogP contribution >= 0.6 is 0 Å². The van der Waals surface area contributed by atoms with Crippen molar-refractivity contribution in [3.63, 3.8) is 0 Å². The Labute approximate surface area is 258 Å². The molecule has 3 N–H and O–H groups in total. The Morgan fingerprint density at radius 2 is 1.61 bits per heavy atom. The second-order valence-corrected chi connectivity index (χ2v) is 13.4. The van der Waals surface area contributed by atoms with Crippen LogP contribution in [-0.4, -0.2) is 86.3 Å². The third-order valence-corrected chi connectivity index (χ3v) is 10.0. The lowest BCUT2D eigenvalue weighted by Gasteiger charge is -2.42. The summed E-state index contributed by atoms with van der Waals surface area (Å²) < 4.78 is 32.9. The van der Waals surface area contributed by atoms with Gasteiger partial charge >= 0.3 is 6.09 Å². The van der Waals surface area contributed by atoms with Crippen molar-refractivity contribution < 1.29 is 32.3 Å². The lowest BCUT2D eigenvalue weighted by molar-refractivity contribution is -0.146. The van der Waals surface area contributed by atoms with E-state index in [0.29, 0.717) is 6.42 Å². The Hall–Kier alpha value is -3.97. The van der Waals surface area contributed by atoms with Gasteiger partial charge in [0.15, 0.2) is 0 Å². The lowest BCUT2D eigenvalue weighted by atomic mass is 9.87. The van der Waals surface area contributed by atoms with Gasteiger partial charge in [-0.1, -0.05) is 56.3 Å². The molecule has 1 fully saturated rings. The average molecular weight is 628 g/mol. The van der Waals surface area contributed by atoms with Crippen molar-refractivity contribution in [2.24, 2.45) is 5.92 Å². The van der Waals surface area contributed by atoms with E-state index in [-0.39, 0.29) is 36.5 Å². The van der Waals surface area contributed by atoms with E-state index in [9.17, 15) is 27.6 Å². The van der Waals surface area contributed by atoms with Crippen molar-refractivity contribution in [3.8, 4) is 0 Å². The minimum atomic E-state index is -3.95. The van der Waals surface area contributed by atoms with E-state index in [1.54, 1.807) is 32.0 Å². The molecule has 1 heterocycles. The Kier molecular flexibility index (Phi) is 10.6. The van der Waals surface area contributed by atoms with Crippen LogP contribution in [0.15, 0.2) is 59.5 Å². The zero-order valence-corrected chi connectivity index (χ0v) is 26.3. The van der Waals surface area contributed by atoms with E-state index < -0.39 is 52.0 Å². The van der Waals surface area contributed by atoms with Gasteiger partial charge in [0.05, 0.1) is 18.0 Å². The molecule has 1 saturated heterocycles. The van der Waals surface area contributed by atoms with E-state index in [0.717, 1.165) is 24.0 Å². The number of alkyl carbamates (subject to hydrolysis) is 1. The molecule has 12 nitrogen and oxygen atoms in total. The summed E-state index contributed by atoms with van der Waals surface area (Å²) in [6, 6.07) is 12.4. The van der Waals surface area contributed by atoms with Gasteiger partial charge in [-0.15, -0.1) is 0 Å². The largest absolute Gasteiger partial charge is 0.453 e. The number of carbonyl (C=O) groups is 4. The minimum Gasteiger partial charge on any atom is -0.453 e. The molecule has 13 heteroatoms. The average Bonchev–Trinajstić information content (AvgIpc) is 3.03. The van der Waals surface area contributed by atoms with Crippen molar-refractivity contribution in [1.82, 2.24) is 25.2 Å². The van der Waals surface area contributed by atoms with Crippen LogP contribution < -0.4 is 16.0 Å². The number of piperazine rings is 1. The molecule has 238 valence electrons. The Morgan fingerprint density at radius 1 is 0.932 bits per heavy atom. The molecule has 1 aliphatic heterocycles. The number of nitrogens with zero attached hydrogens (tertiary/aromatic N) is 2. The number of ether oxygens (including phenoxy) is 1. The summed E-state index contributed by atoms with van der Waals surface area (Å²) in [5.41, 5.74) is 2.15. The second-order valence-electron chi connectivity index (χ2n) is 11.5. The third-order valence-electron chi connectivity index (χ3n) is 8.14. The van der Waals surface area contributed by atoms with E-state index in [1.807, 2.05) is 24.3 Å². The number of sulfonamides is 1. The molecule has 2 aliphatic rings. The van der Waals surface area contributed by atoms with Gasteiger partial charge in [-0.05, 0) is 55.4 Å². The minimum absolute atomic E-state index is 0.0297. The first-order chi connectivity index (χ1) is 20.9. The number of amides is 4. The van der Waals surface area contributed by atoms with Crippen molar-refractivity contribution >= 4 is 33.8 Å². The molecule has 4 atom stereocenters. The normalized spacial score (nSPS) is 20.2. The van der Waals surface area contributed by atoms with Crippen LogP contribution in [0.3, 0.4) is 0 Å². The number of aryl methyl sites for hydroxylation is 1. The molecule has 2 aromatic carbocycles. The van der Waals surface area contributed by atoms with Crippen LogP contribution in [0.4, 0.5) is 4.79 Å². The molecule has 1 aliphatic carbocycles. The van der Waals surface area contributed by atoms with Crippen molar-refractivity contribution in [3.05, 3.63) is 65.7 Å². The van der Waals surface area contributed by atoms with Crippen molar-refractivity contribution in [1.29, 1.82) is 0 Å². The standard InChI is InChI=1S/C31H41N5O7S/c1-20(2)27(34-28(37)21(3)32-31(40)43-4)30(39)36-18-17-35(44(41,42)23-13-6-5-7-14-23)19-26(36)29(38)33-25-16-10-12-22-11-8-9-15-24(22)25/h5-9,11,13-15,20-21,25-27H,10,12,16-19H2,1-4H3,(H,32,40)(H,33,38)(H,34,37)/t21-,25+,26-,27-/m0/s1. The molecular formula is C31H41N5O7S. The first-order valence-electron chi connectivity index (χ1n) is 14.8. The van der Waals surface area contributed by atoms with E-state index >= 15 is 0 Å². The van der Waals surface area contributed by atoms with Gasteiger partial charge in [0.2, 0.25) is 27.7 Å². The van der Waals surface area contributed by atoms with Crippen LogP contribution in [0.1, 0.15) is 50.8 Å². The SMILES string of the molecule is COC(=O)N[C@@H](C)C(=O)N[C@H](C(=O)N1CCN(S(=O)(=O)c2ccccc2)C[C@H]1C(=O)N[C@@H]1CCCc2ccccc21)C(C)C. The number of nitrogens with one attached hydrogen (secondary N) is 3. The number of fused-ring (bicyclic) bond motifs is 1. The summed E-state index contributed by atoms with van der Waals surface area (Å²) in [6.07, 6.45) is 1.70. The number of hydrogen-bond acceptors (Lipinski definition) is 7. The Balaban J connectivity index is 1.61. The van der Waals surface area contributed by atoms with Crippen LogP contribution in [0.2, 0.25) is 0 Å². The summed E-state index contributed by atoms with van der Waals surface area (Å²) in [5.74, 6) is -1.97. The van der Waals surface area contributed by atoms with Crippen LogP contribution in [0.5, 0.6) is 0 Å². The quantitative estimate of drug-likeness (QED) is 0.384. The van der Waals surface area contributed by atoms with Crippen molar-refractivity contribution in [2.75, 3.05) is 26.7 Å². The molecule has 0 spiro atoms. The molecule has 0 aromatic heterocycles. The molecule has 0 radical (unpaired) electrons. The monoisotopic (exact) mass is 627 g/mol. The predicted octanol–water partition coefficient (Wildman–Crippen LogP) is 1.97. The molecule has 0 unspecified atom stereocenters. The van der Waals surface area contributed by atoms with Gasteiger partial charge in [0, 0.05) is 19.6 Å². The third kappa shape index (κ3) is 7.39. The molecule has 4 amide bonds. The number of benzene rings is 2. The second kappa shape index (κ2) is 14.2. The van der Waals surface area contributed by atoms with E-state index in [4.69, 9.17) is 0 Å². The van der Waals surface area contributed by atoms with Crippen molar-refractivity contribution in [2.45, 2.75) is 69.1 Å². The van der Waals surface area contributed by atoms with Gasteiger partial charge in [-0.25, -0.2) is 13.2 Å². The van der Waals surface area contributed by atoms with Gasteiger partial charge in [-0.3, -0.25) is 14.4 Å². The van der Waals surface area contributed by atoms with Crippen LogP contribution in [-0.2, 0) is 35.6 Å². The number of hydrogen-bond donors (Lipinski definition) is 3. The molecule has 2 aromatic rings. The molecular weight excluding hydrogens is 586 g/mol. The fourth-order valence-electron chi connectivity index (χ4n) is 5.65. The summed E-state index contributed by atoms with van der Waals surface area (Å²) in [6.45, 7) is 4.63. The molecule has 4 rings (SSSR count). The molecule has 44 heavy (non-hydrogen) atoms. The highest BCUT2D eigenvalue weighted by Crippen LogP contribution is 2.30. The number of carbonyl (C=O) groups excluding carboxylic acids is 4. The van der Waals surface area contributed by atoms with Crippen LogP contribution in [0.25, 0.3) is 0 Å². The van der Waals surface area contributed by atoms with Gasteiger partial charge < -0.3 is 25.6 Å². The summed E-state index contributed by atoms with van der Waals surface area (Å²) in [7, 11) is -2.77. The maximum Gasteiger partial charge on any atom is 0.407 e. The fourth-order valence-corrected chi connectivity index (χ4v) is 7.11. The number of rotatable bonds is 9. The summed E-state index contributed by atoms with van der Waals surface area (Å²) in [4.78, 5) is 54.1. The Morgan fingerprint density at radius 3 is 2.30 bits per heavy atom. The van der Waals surface area contributed by atoms with E-state index in [2.05, 4.69) is 20.7 Å². The topological polar surface area (TPSA) is 154 Å². The highest BCUT2D eigenvalue weighted by Gasteiger charge is 2.43. The smallest absolute Gasteiger partial charge is 0.407 e. The fraction of sp³-hybridized carbons (Fsp3) is 0.484. The predicted molar refractivity (Wildman–Crippen MR) is 163 cm³/mol. The van der Waals surface area contributed by atoms with E-state index in [1.165, 1.54) is 35.4 Å². The molecule has 0 bridgehead atoms. The zero-order chi connectivity index (χ0) is 32.0. The van der Waals surface area contributed by atoms with Gasteiger partial charge in [0.25, 0.3) is 0 Å². The maximum absolute atomic E-state index is 14.1. The summed E-state index contributed by atoms with van der Waals surface area (Å²) in [5, 5.41) is 8.17. The maximum atomic E-state index is 14.1. The first kappa shape index (κ1) is 32.9. The zero-order valence-electron chi connectivity index (χ0n) is 25.5. The highest BCUT2D eigenvalue weighted by atomic mass is 32.2. The van der Waals surface area contributed by atoms with Crippen LogP contribution in [0, 0.1) is 5.92 Å². The summed E-state index contributed by atoms with van der Waals surface area (Å²) >= 11 is 0. The van der Waals surface area contributed by atoms with Gasteiger partial charge in [-0.2, -0.15) is 4.31 Å². The number of methoxy groups -OCH3 is 1.